The van der Waals surface area contributed by atoms with Crippen LogP contribution in [0.2, 0.25) is 0 Å². The molecule has 4 nitrogen and oxygen atoms in total. The van der Waals surface area contributed by atoms with E-state index in [9.17, 15) is 14.4 Å². The second-order valence-corrected chi connectivity index (χ2v) is 12.1. The van der Waals surface area contributed by atoms with Crippen molar-refractivity contribution in [1.29, 1.82) is 0 Å². The number of allylic oxidation sites excluding steroid dienone is 2. The number of methoxy groups -OCH3 is 1. The van der Waals surface area contributed by atoms with Crippen LogP contribution < -0.4 is 0 Å². The lowest BCUT2D eigenvalue weighted by atomic mass is 9.33. The van der Waals surface area contributed by atoms with Crippen molar-refractivity contribution in [3.8, 4) is 0 Å². The molecule has 0 aliphatic heterocycles. The van der Waals surface area contributed by atoms with Crippen LogP contribution in [0.3, 0.4) is 0 Å². The summed E-state index contributed by atoms with van der Waals surface area (Å²) in [6.45, 7) is 9.00. The zero-order chi connectivity index (χ0) is 22.3. The fraction of sp³-hybridized carbons (Fsp3) is 0.815. The van der Waals surface area contributed by atoms with Crippen LogP contribution in [-0.4, -0.2) is 24.6 Å². The largest absolute Gasteiger partial charge is 0.469 e. The fourth-order valence-corrected chi connectivity index (χ4v) is 9.56. The van der Waals surface area contributed by atoms with Crippen molar-refractivity contribution in [3.63, 3.8) is 0 Å². The Balaban J connectivity index is 1.65. The van der Waals surface area contributed by atoms with Gasteiger partial charge < -0.3 is 4.74 Å². The minimum absolute atomic E-state index is 0.00242. The fourth-order valence-electron chi connectivity index (χ4n) is 9.56. The molecule has 6 aliphatic rings. The standard InChI is InChI=1S/C27H38O4/c1-15(2)17-14-27-12-9-20-25(3,10-6-11-26(20,4)24(30)31-5)21(27)13-16(17)22-18(28)7-8-19(29)23(22)27/h14-16,20-23H,6-13H2,1-5H3/t16-,20+,21-,22-,23+,25-,26+,27+/m0/s1. The average Bonchev–Trinajstić information content (AvgIpc) is 2.74. The lowest BCUT2D eigenvalue weighted by Crippen LogP contribution is -2.67. The molecule has 0 unspecified atom stereocenters. The molecule has 0 aromatic rings. The summed E-state index contributed by atoms with van der Waals surface area (Å²) in [5.74, 6) is 1.61. The number of fused-ring (bicyclic) bond motifs is 1. The van der Waals surface area contributed by atoms with Crippen LogP contribution in [0.4, 0.5) is 0 Å². The molecule has 0 N–H and O–H groups in total. The van der Waals surface area contributed by atoms with E-state index in [1.54, 1.807) is 0 Å². The maximum absolute atomic E-state index is 13.4. The summed E-state index contributed by atoms with van der Waals surface area (Å²) < 4.78 is 5.30. The van der Waals surface area contributed by atoms with Crippen LogP contribution in [0.25, 0.3) is 0 Å². The predicted octanol–water partition coefficient (Wildman–Crippen LogP) is 5.15. The van der Waals surface area contributed by atoms with Gasteiger partial charge in [-0.2, -0.15) is 0 Å². The Hall–Kier alpha value is -1.45. The maximum atomic E-state index is 13.4. The maximum Gasteiger partial charge on any atom is 0.311 e. The molecular weight excluding hydrogens is 388 g/mol. The molecular formula is C27H38O4. The molecule has 6 rings (SSSR count). The van der Waals surface area contributed by atoms with Crippen molar-refractivity contribution in [3.05, 3.63) is 11.6 Å². The van der Waals surface area contributed by atoms with E-state index < -0.39 is 5.41 Å². The van der Waals surface area contributed by atoms with E-state index in [1.807, 2.05) is 0 Å². The van der Waals surface area contributed by atoms with Crippen molar-refractivity contribution < 1.29 is 19.1 Å². The molecule has 4 saturated carbocycles. The van der Waals surface area contributed by atoms with Gasteiger partial charge in [-0.25, -0.2) is 0 Å². The zero-order valence-corrected chi connectivity index (χ0v) is 19.8. The van der Waals surface area contributed by atoms with Crippen LogP contribution >= 0.6 is 0 Å². The SMILES string of the molecule is COC(=O)[C@]1(C)CCC[C@@]2(C)[C@H]1CC[C@@]13C=C(C(C)C)[C@H](C[C@@H]21)[C@H]1C(=O)CCC(=O)[C@H]13. The smallest absolute Gasteiger partial charge is 0.311 e. The second kappa shape index (κ2) is 6.78. The summed E-state index contributed by atoms with van der Waals surface area (Å²) in [6, 6.07) is 0. The first-order valence-electron chi connectivity index (χ1n) is 12.5. The number of rotatable bonds is 2. The molecule has 0 amide bonds. The quantitative estimate of drug-likeness (QED) is 0.453. The zero-order valence-electron chi connectivity index (χ0n) is 19.8. The monoisotopic (exact) mass is 426 g/mol. The minimum Gasteiger partial charge on any atom is -0.469 e. The van der Waals surface area contributed by atoms with Gasteiger partial charge in [-0.05, 0) is 68.1 Å². The van der Waals surface area contributed by atoms with E-state index in [2.05, 4.69) is 33.8 Å². The second-order valence-electron chi connectivity index (χ2n) is 12.1. The molecule has 2 bridgehead atoms. The van der Waals surface area contributed by atoms with Gasteiger partial charge in [0.05, 0.1) is 12.5 Å². The van der Waals surface area contributed by atoms with Crippen molar-refractivity contribution in [2.45, 2.75) is 79.1 Å². The molecule has 0 radical (unpaired) electrons. The molecule has 31 heavy (non-hydrogen) atoms. The number of esters is 1. The first kappa shape index (κ1) is 21.4. The highest BCUT2D eigenvalue weighted by Gasteiger charge is 2.70. The topological polar surface area (TPSA) is 60.4 Å². The third-order valence-corrected chi connectivity index (χ3v) is 10.7. The molecule has 4 fully saturated rings. The Morgan fingerprint density at radius 2 is 1.77 bits per heavy atom. The molecule has 170 valence electrons. The van der Waals surface area contributed by atoms with Gasteiger partial charge in [0.25, 0.3) is 0 Å². The molecule has 0 aromatic heterocycles. The van der Waals surface area contributed by atoms with Crippen molar-refractivity contribution in [2.75, 3.05) is 7.11 Å². The predicted molar refractivity (Wildman–Crippen MR) is 118 cm³/mol. The highest BCUT2D eigenvalue weighted by atomic mass is 16.5. The minimum atomic E-state index is -0.448. The average molecular weight is 427 g/mol. The summed E-state index contributed by atoms with van der Waals surface area (Å²) in [4.78, 5) is 39.5. The highest BCUT2D eigenvalue weighted by Crippen LogP contribution is 2.74. The van der Waals surface area contributed by atoms with E-state index in [0.29, 0.717) is 36.2 Å². The first-order valence-corrected chi connectivity index (χ1v) is 12.5. The van der Waals surface area contributed by atoms with Crippen LogP contribution in [-0.2, 0) is 19.1 Å². The molecule has 0 aromatic carbocycles. The molecule has 8 atom stereocenters. The summed E-state index contributed by atoms with van der Waals surface area (Å²) >= 11 is 0. The molecule has 4 heteroatoms. The Labute approximate surface area is 186 Å². The van der Waals surface area contributed by atoms with E-state index in [1.165, 1.54) is 12.7 Å². The number of carbonyl (C=O) groups excluding carboxylic acids is 3. The summed E-state index contributed by atoms with van der Waals surface area (Å²) in [7, 11) is 1.51. The number of ether oxygens (including phenoxy) is 1. The summed E-state index contributed by atoms with van der Waals surface area (Å²) in [5.41, 5.74) is 0.777. The number of ketones is 2. The summed E-state index contributed by atoms with van der Waals surface area (Å²) in [6.07, 6.45) is 9.25. The van der Waals surface area contributed by atoms with Gasteiger partial charge in [0.1, 0.15) is 11.6 Å². The van der Waals surface area contributed by atoms with Gasteiger partial charge in [0.15, 0.2) is 0 Å². The van der Waals surface area contributed by atoms with Gasteiger partial charge in [0.2, 0.25) is 0 Å². The van der Waals surface area contributed by atoms with Crippen LogP contribution in [0.15, 0.2) is 11.6 Å². The lowest BCUT2D eigenvalue weighted by molar-refractivity contribution is -0.201. The van der Waals surface area contributed by atoms with E-state index in [4.69, 9.17) is 4.74 Å². The Morgan fingerprint density at radius 1 is 1.06 bits per heavy atom. The van der Waals surface area contributed by atoms with Gasteiger partial charge in [-0.3, -0.25) is 14.4 Å². The number of hydrogen-bond acceptors (Lipinski definition) is 4. The third kappa shape index (κ3) is 2.57. The number of hydrogen-bond donors (Lipinski definition) is 0. The van der Waals surface area contributed by atoms with Gasteiger partial charge in [-0.1, -0.05) is 38.8 Å². The Bertz CT molecular complexity index is 870. The molecule has 1 spiro atoms. The molecule has 6 aliphatic carbocycles. The third-order valence-electron chi connectivity index (χ3n) is 10.7. The first-order chi connectivity index (χ1) is 14.6. The number of carbonyl (C=O) groups is 3. The normalized spacial score (nSPS) is 48.6. The van der Waals surface area contributed by atoms with Gasteiger partial charge in [-0.15, -0.1) is 0 Å². The van der Waals surface area contributed by atoms with E-state index >= 15 is 0 Å². The number of Topliss-reactive ketones (excluding diaryl/α,β-unsaturated/α-hetero) is 2. The lowest BCUT2D eigenvalue weighted by Gasteiger charge is -2.70. The summed E-state index contributed by atoms with van der Waals surface area (Å²) in [5, 5.41) is 0. The Kier molecular flexibility index (Phi) is 4.68. The van der Waals surface area contributed by atoms with E-state index in [0.717, 1.165) is 38.5 Å². The molecule has 0 heterocycles. The van der Waals surface area contributed by atoms with Crippen LogP contribution in [0, 0.1) is 51.8 Å². The van der Waals surface area contributed by atoms with Crippen molar-refractivity contribution in [2.24, 2.45) is 51.8 Å². The Morgan fingerprint density at radius 3 is 2.45 bits per heavy atom. The van der Waals surface area contributed by atoms with Crippen LogP contribution in [0.5, 0.6) is 0 Å². The highest BCUT2D eigenvalue weighted by molar-refractivity contribution is 5.98. The molecule has 0 saturated heterocycles. The van der Waals surface area contributed by atoms with Crippen molar-refractivity contribution >= 4 is 17.5 Å². The van der Waals surface area contributed by atoms with Gasteiger partial charge >= 0.3 is 5.97 Å². The van der Waals surface area contributed by atoms with Gasteiger partial charge in [0, 0.05) is 30.1 Å². The van der Waals surface area contributed by atoms with E-state index in [-0.39, 0.29) is 40.5 Å². The van der Waals surface area contributed by atoms with Crippen LogP contribution in [0.1, 0.15) is 79.1 Å². The van der Waals surface area contributed by atoms with Crippen molar-refractivity contribution in [1.82, 2.24) is 0 Å².